The molecule has 2 amide bonds. The number of amides is 2. The van der Waals surface area contributed by atoms with E-state index in [-0.39, 0.29) is 30.1 Å². The third-order valence-corrected chi connectivity index (χ3v) is 5.20. The van der Waals surface area contributed by atoms with Crippen LogP contribution in [0.4, 0.5) is 11.4 Å². The molecular formula is C19H28ClN3O3. The molecule has 26 heavy (non-hydrogen) atoms. The predicted molar refractivity (Wildman–Crippen MR) is 104 cm³/mol. The van der Waals surface area contributed by atoms with E-state index in [0.717, 1.165) is 25.7 Å². The zero-order valence-electron chi connectivity index (χ0n) is 15.0. The Hall–Kier alpha value is -1.63. The topological polar surface area (TPSA) is 93.5 Å². The van der Waals surface area contributed by atoms with E-state index in [1.165, 1.54) is 6.42 Å². The minimum atomic E-state index is -0.889. The summed E-state index contributed by atoms with van der Waals surface area (Å²) < 4.78 is 5.28. The van der Waals surface area contributed by atoms with Crippen LogP contribution < -0.4 is 16.4 Å². The number of anilines is 2. The Morgan fingerprint density at radius 2 is 1.65 bits per heavy atom. The summed E-state index contributed by atoms with van der Waals surface area (Å²) in [6.45, 7) is 1.00. The standard InChI is InChI=1S/C19H27N3O3.ClH/c20-19(9-11-25-12-10-19)18(24)22-16-8-4-7-15(13-16)21-17(23)14-5-2-1-3-6-14;/h4,7-8,13-14H,1-3,5-6,9-12,20H2,(H,21,23)(H,22,24);1H. The Bertz CT molecular complexity index is 626. The number of rotatable bonds is 4. The fourth-order valence-corrected chi connectivity index (χ4v) is 3.50. The summed E-state index contributed by atoms with van der Waals surface area (Å²) in [6.07, 6.45) is 6.40. The summed E-state index contributed by atoms with van der Waals surface area (Å²) >= 11 is 0. The van der Waals surface area contributed by atoms with Crippen LogP contribution in [0, 0.1) is 5.92 Å². The zero-order valence-corrected chi connectivity index (χ0v) is 15.8. The molecule has 7 heteroatoms. The molecule has 0 bridgehead atoms. The monoisotopic (exact) mass is 381 g/mol. The minimum absolute atomic E-state index is 0. The van der Waals surface area contributed by atoms with Crippen LogP contribution in [0.25, 0.3) is 0 Å². The van der Waals surface area contributed by atoms with Crippen LogP contribution in [-0.4, -0.2) is 30.6 Å². The van der Waals surface area contributed by atoms with Crippen molar-refractivity contribution in [2.75, 3.05) is 23.8 Å². The first kappa shape index (κ1) is 20.7. The van der Waals surface area contributed by atoms with Crippen LogP contribution in [-0.2, 0) is 14.3 Å². The third-order valence-electron chi connectivity index (χ3n) is 5.20. The number of hydrogen-bond acceptors (Lipinski definition) is 4. The number of carbonyl (C=O) groups is 2. The molecule has 0 atom stereocenters. The van der Waals surface area contributed by atoms with Crippen molar-refractivity contribution >= 4 is 35.6 Å². The number of nitrogens with one attached hydrogen (secondary N) is 2. The smallest absolute Gasteiger partial charge is 0.244 e. The lowest BCUT2D eigenvalue weighted by atomic mass is 9.88. The molecule has 6 nitrogen and oxygen atoms in total. The van der Waals surface area contributed by atoms with E-state index in [0.29, 0.717) is 37.4 Å². The summed E-state index contributed by atoms with van der Waals surface area (Å²) in [6, 6.07) is 7.24. The number of benzene rings is 1. The molecule has 2 fully saturated rings. The van der Waals surface area contributed by atoms with Gasteiger partial charge in [-0.05, 0) is 43.9 Å². The molecule has 0 unspecified atom stereocenters. The van der Waals surface area contributed by atoms with E-state index in [1.807, 2.05) is 12.1 Å². The fourth-order valence-electron chi connectivity index (χ4n) is 3.50. The number of ether oxygens (including phenoxy) is 1. The predicted octanol–water partition coefficient (Wildman–Crippen LogP) is 3.07. The lowest BCUT2D eigenvalue weighted by molar-refractivity contribution is -0.124. The van der Waals surface area contributed by atoms with Crippen LogP contribution in [0.3, 0.4) is 0 Å². The van der Waals surface area contributed by atoms with Gasteiger partial charge < -0.3 is 21.1 Å². The highest BCUT2D eigenvalue weighted by atomic mass is 35.5. The average molecular weight is 382 g/mol. The molecule has 1 heterocycles. The summed E-state index contributed by atoms with van der Waals surface area (Å²) in [7, 11) is 0. The Morgan fingerprint density at radius 1 is 1.04 bits per heavy atom. The van der Waals surface area contributed by atoms with Crippen molar-refractivity contribution in [2.24, 2.45) is 11.7 Å². The molecule has 0 spiro atoms. The van der Waals surface area contributed by atoms with Crippen molar-refractivity contribution in [3.8, 4) is 0 Å². The van der Waals surface area contributed by atoms with Gasteiger partial charge in [0.1, 0.15) is 5.54 Å². The first-order valence-corrected chi connectivity index (χ1v) is 9.16. The quantitative estimate of drug-likeness (QED) is 0.747. The van der Waals surface area contributed by atoms with Crippen molar-refractivity contribution < 1.29 is 14.3 Å². The number of halogens is 1. The maximum absolute atomic E-state index is 12.5. The van der Waals surface area contributed by atoms with Crippen molar-refractivity contribution in [2.45, 2.75) is 50.5 Å². The molecule has 1 aliphatic carbocycles. The van der Waals surface area contributed by atoms with Crippen LogP contribution >= 0.6 is 12.4 Å². The average Bonchev–Trinajstić information content (AvgIpc) is 2.63. The van der Waals surface area contributed by atoms with Crippen LogP contribution in [0.15, 0.2) is 24.3 Å². The molecule has 3 rings (SSSR count). The number of hydrogen-bond donors (Lipinski definition) is 3. The molecule has 4 N–H and O–H groups in total. The maximum Gasteiger partial charge on any atom is 0.244 e. The fraction of sp³-hybridized carbons (Fsp3) is 0.579. The third kappa shape index (κ3) is 5.19. The molecule has 2 aliphatic rings. The molecule has 1 saturated heterocycles. The summed E-state index contributed by atoms with van der Waals surface area (Å²) in [5.74, 6) is -0.0315. The second-order valence-electron chi connectivity index (χ2n) is 7.13. The lowest BCUT2D eigenvalue weighted by Crippen LogP contribution is -2.54. The molecule has 1 aromatic carbocycles. The van der Waals surface area contributed by atoms with Gasteiger partial charge in [0.15, 0.2) is 0 Å². The van der Waals surface area contributed by atoms with E-state index >= 15 is 0 Å². The molecule has 1 aliphatic heterocycles. The van der Waals surface area contributed by atoms with Gasteiger partial charge in [-0.3, -0.25) is 9.59 Å². The Labute approximate surface area is 160 Å². The van der Waals surface area contributed by atoms with Crippen molar-refractivity contribution in [1.29, 1.82) is 0 Å². The molecule has 144 valence electrons. The van der Waals surface area contributed by atoms with E-state index < -0.39 is 5.54 Å². The molecule has 0 radical (unpaired) electrons. The van der Waals surface area contributed by atoms with Gasteiger partial charge in [-0.25, -0.2) is 0 Å². The summed E-state index contributed by atoms with van der Waals surface area (Å²) in [5.41, 5.74) is 6.66. The normalized spacial score (nSPS) is 19.9. The van der Waals surface area contributed by atoms with E-state index in [9.17, 15) is 9.59 Å². The van der Waals surface area contributed by atoms with Crippen LogP contribution in [0.5, 0.6) is 0 Å². The molecule has 0 aromatic heterocycles. The van der Waals surface area contributed by atoms with E-state index in [2.05, 4.69) is 10.6 Å². The SMILES string of the molecule is Cl.NC1(C(=O)Nc2cccc(NC(=O)C3CCCCC3)c2)CCOCC1. The Morgan fingerprint density at radius 3 is 2.31 bits per heavy atom. The first-order valence-electron chi connectivity index (χ1n) is 9.16. The maximum atomic E-state index is 12.5. The highest BCUT2D eigenvalue weighted by molar-refractivity contribution is 5.99. The van der Waals surface area contributed by atoms with Crippen molar-refractivity contribution in [1.82, 2.24) is 0 Å². The van der Waals surface area contributed by atoms with Gasteiger partial charge in [-0.15, -0.1) is 12.4 Å². The van der Waals surface area contributed by atoms with E-state index in [4.69, 9.17) is 10.5 Å². The van der Waals surface area contributed by atoms with Crippen molar-refractivity contribution in [3.63, 3.8) is 0 Å². The molecule has 1 saturated carbocycles. The van der Waals surface area contributed by atoms with Crippen LogP contribution in [0.2, 0.25) is 0 Å². The van der Waals surface area contributed by atoms with Gasteiger partial charge >= 0.3 is 0 Å². The van der Waals surface area contributed by atoms with Gasteiger partial charge in [0, 0.05) is 30.5 Å². The van der Waals surface area contributed by atoms with Crippen LogP contribution in [0.1, 0.15) is 44.9 Å². The minimum Gasteiger partial charge on any atom is -0.381 e. The Balaban J connectivity index is 0.00000243. The number of carbonyl (C=O) groups excluding carboxylic acids is 2. The highest BCUT2D eigenvalue weighted by Gasteiger charge is 2.35. The van der Waals surface area contributed by atoms with Gasteiger partial charge in [0.2, 0.25) is 11.8 Å². The largest absolute Gasteiger partial charge is 0.381 e. The lowest BCUT2D eigenvalue weighted by Gasteiger charge is -2.31. The molecule has 1 aromatic rings. The van der Waals surface area contributed by atoms with E-state index in [1.54, 1.807) is 12.1 Å². The summed E-state index contributed by atoms with van der Waals surface area (Å²) in [5, 5.41) is 5.85. The Kier molecular flexibility index (Phi) is 7.43. The highest BCUT2D eigenvalue weighted by Crippen LogP contribution is 2.26. The van der Waals surface area contributed by atoms with Gasteiger partial charge in [0.25, 0.3) is 0 Å². The van der Waals surface area contributed by atoms with Gasteiger partial charge in [0.05, 0.1) is 0 Å². The zero-order chi connectivity index (χ0) is 17.7. The van der Waals surface area contributed by atoms with Gasteiger partial charge in [-0.1, -0.05) is 25.3 Å². The second kappa shape index (κ2) is 9.35. The van der Waals surface area contributed by atoms with Gasteiger partial charge in [-0.2, -0.15) is 0 Å². The van der Waals surface area contributed by atoms with Crippen molar-refractivity contribution in [3.05, 3.63) is 24.3 Å². The summed E-state index contributed by atoms with van der Waals surface area (Å²) in [4.78, 5) is 24.9. The number of nitrogens with two attached hydrogens (primary N) is 1. The molecular weight excluding hydrogens is 354 g/mol. The second-order valence-corrected chi connectivity index (χ2v) is 7.13. The first-order chi connectivity index (χ1) is 12.1.